The molecule has 1 aromatic carbocycles. The number of nitrogens with zero attached hydrogens (tertiary/aromatic N) is 1. The van der Waals surface area contributed by atoms with Gasteiger partial charge in [0.2, 0.25) is 0 Å². The maximum atomic E-state index is 14.1. The summed E-state index contributed by atoms with van der Waals surface area (Å²) in [5.41, 5.74) is 0.380. The third-order valence-corrected chi connectivity index (χ3v) is 5.80. The molecule has 2 saturated heterocycles. The smallest absolute Gasteiger partial charge is 0.253 e. The molecule has 126 valence electrons. The molecule has 2 aliphatic rings. The minimum atomic E-state index is -1.23. The number of rotatable bonds is 3. The van der Waals surface area contributed by atoms with Crippen LogP contribution in [-0.4, -0.2) is 47.3 Å². The molecule has 2 fully saturated rings. The van der Waals surface area contributed by atoms with Crippen LogP contribution in [0.1, 0.15) is 24.8 Å². The average Bonchev–Trinajstić information content (AvgIpc) is 2.98. The van der Waals surface area contributed by atoms with Crippen LogP contribution in [0.3, 0.4) is 0 Å². The monoisotopic (exact) mass is 338 g/mol. The third-order valence-electron chi connectivity index (χ3n) is 4.62. The molecule has 0 aliphatic carbocycles. The highest BCUT2D eigenvalue weighted by molar-refractivity contribution is 7.99. The van der Waals surface area contributed by atoms with Crippen molar-refractivity contribution in [3.8, 4) is 0 Å². The van der Waals surface area contributed by atoms with E-state index in [9.17, 15) is 14.3 Å². The van der Waals surface area contributed by atoms with Gasteiger partial charge in [0.05, 0.1) is 5.69 Å². The molecular formula is C17H23FN2O2S. The van der Waals surface area contributed by atoms with E-state index in [0.29, 0.717) is 24.4 Å². The van der Waals surface area contributed by atoms with Crippen LogP contribution in [0.4, 0.5) is 10.1 Å². The Kier molecular flexibility index (Phi) is 4.82. The number of nitrogens with one attached hydrogen (secondary N) is 1. The first kappa shape index (κ1) is 16.6. The molecule has 0 unspecified atom stereocenters. The van der Waals surface area contributed by atoms with Gasteiger partial charge >= 0.3 is 0 Å². The lowest BCUT2D eigenvalue weighted by molar-refractivity contribution is -0.138. The van der Waals surface area contributed by atoms with Crippen molar-refractivity contribution in [1.29, 1.82) is 0 Å². The summed E-state index contributed by atoms with van der Waals surface area (Å²) in [7, 11) is 0. The number of halogens is 1. The van der Waals surface area contributed by atoms with Crippen molar-refractivity contribution < 1.29 is 14.3 Å². The molecule has 0 radical (unpaired) electrons. The number of piperidine rings is 1. The van der Waals surface area contributed by atoms with Gasteiger partial charge < -0.3 is 15.3 Å². The lowest BCUT2D eigenvalue weighted by Crippen LogP contribution is -2.55. The van der Waals surface area contributed by atoms with Crippen molar-refractivity contribution in [3.05, 3.63) is 29.6 Å². The largest absolute Gasteiger partial charge is 0.379 e. The molecule has 1 aromatic rings. The highest BCUT2D eigenvalue weighted by Gasteiger charge is 2.40. The topological polar surface area (TPSA) is 52.6 Å². The van der Waals surface area contributed by atoms with Crippen LogP contribution in [0.25, 0.3) is 0 Å². The van der Waals surface area contributed by atoms with Gasteiger partial charge in [-0.2, -0.15) is 11.8 Å². The van der Waals surface area contributed by atoms with Gasteiger partial charge in [-0.1, -0.05) is 6.07 Å². The van der Waals surface area contributed by atoms with E-state index in [1.165, 1.54) is 6.07 Å². The molecule has 4 nitrogen and oxygen atoms in total. The Morgan fingerprint density at radius 3 is 3.09 bits per heavy atom. The van der Waals surface area contributed by atoms with Crippen molar-refractivity contribution in [2.75, 3.05) is 29.5 Å². The Bertz CT molecular complexity index is 590. The van der Waals surface area contributed by atoms with E-state index in [4.69, 9.17) is 0 Å². The fraction of sp³-hybridized carbons (Fsp3) is 0.588. The SMILES string of the molecule is Cc1ccc(F)c(N2CCC[C@H](NC(=O)[C@]3(O)CCSC3)C2)c1. The molecule has 0 aromatic heterocycles. The standard InChI is InChI=1S/C17H23FN2O2S/c1-12-4-5-14(18)15(9-12)20-7-2-3-13(10-20)19-16(21)17(22)6-8-23-11-17/h4-5,9,13,22H,2-3,6-8,10-11H2,1H3,(H,19,21)/t13-,17-/m0/s1. The van der Waals surface area contributed by atoms with Crippen LogP contribution in [-0.2, 0) is 4.79 Å². The Morgan fingerprint density at radius 1 is 1.52 bits per heavy atom. The number of carbonyl (C=O) groups excluding carboxylic acids is 1. The summed E-state index contributed by atoms with van der Waals surface area (Å²) in [6, 6.07) is 5.05. The molecule has 0 spiro atoms. The molecule has 2 aliphatic heterocycles. The highest BCUT2D eigenvalue weighted by Crippen LogP contribution is 2.29. The van der Waals surface area contributed by atoms with Crippen molar-refractivity contribution in [3.63, 3.8) is 0 Å². The van der Waals surface area contributed by atoms with Gasteiger partial charge in [0.1, 0.15) is 5.82 Å². The summed E-state index contributed by atoms with van der Waals surface area (Å²) in [6.45, 7) is 3.31. The zero-order valence-corrected chi connectivity index (χ0v) is 14.2. The van der Waals surface area contributed by atoms with E-state index in [-0.39, 0.29) is 17.8 Å². The predicted octanol–water partition coefficient (Wildman–Crippen LogP) is 2.09. The summed E-state index contributed by atoms with van der Waals surface area (Å²) < 4.78 is 14.1. The van der Waals surface area contributed by atoms with Crippen LogP contribution >= 0.6 is 11.8 Å². The van der Waals surface area contributed by atoms with Gasteiger partial charge in [0.25, 0.3) is 5.91 Å². The van der Waals surface area contributed by atoms with E-state index < -0.39 is 5.60 Å². The second-order valence-electron chi connectivity index (χ2n) is 6.55. The number of anilines is 1. The zero-order chi connectivity index (χ0) is 16.4. The fourth-order valence-corrected chi connectivity index (χ4v) is 4.47. The average molecular weight is 338 g/mol. The number of benzene rings is 1. The van der Waals surface area contributed by atoms with E-state index in [1.807, 2.05) is 17.9 Å². The van der Waals surface area contributed by atoms with Crippen LogP contribution < -0.4 is 10.2 Å². The number of hydrogen-bond donors (Lipinski definition) is 2. The summed E-state index contributed by atoms with van der Waals surface area (Å²) >= 11 is 1.60. The van der Waals surface area contributed by atoms with Crippen molar-refractivity contribution in [1.82, 2.24) is 5.32 Å². The van der Waals surface area contributed by atoms with Gasteiger partial charge in [-0.25, -0.2) is 4.39 Å². The first-order valence-corrected chi connectivity index (χ1v) is 9.26. The Balaban J connectivity index is 1.66. The van der Waals surface area contributed by atoms with Gasteiger partial charge in [-0.3, -0.25) is 4.79 Å². The number of aliphatic hydroxyl groups is 1. The molecule has 3 rings (SSSR count). The molecular weight excluding hydrogens is 315 g/mol. The van der Waals surface area contributed by atoms with Crippen molar-refractivity contribution >= 4 is 23.4 Å². The van der Waals surface area contributed by atoms with Crippen LogP contribution in [0.15, 0.2) is 18.2 Å². The highest BCUT2D eigenvalue weighted by atomic mass is 32.2. The first-order chi connectivity index (χ1) is 11.0. The molecule has 2 N–H and O–H groups in total. The van der Waals surface area contributed by atoms with Crippen LogP contribution in [0.2, 0.25) is 0 Å². The third kappa shape index (κ3) is 3.63. The van der Waals surface area contributed by atoms with Gasteiger partial charge in [-0.15, -0.1) is 0 Å². The number of thioether (sulfide) groups is 1. The Labute approximate surface area is 140 Å². The van der Waals surface area contributed by atoms with Crippen molar-refractivity contribution in [2.45, 2.75) is 37.8 Å². The van der Waals surface area contributed by atoms with Gasteiger partial charge in [0.15, 0.2) is 5.60 Å². The number of amides is 1. The second kappa shape index (κ2) is 6.69. The lowest BCUT2D eigenvalue weighted by atomic mass is 9.99. The Morgan fingerprint density at radius 2 is 2.35 bits per heavy atom. The van der Waals surface area contributed by atoms with Crippen molar-refractivity contribution in [2.24, 2.45) is 0 Å². The molecule has 2 atom stereocenters. The Hall–Kier alpha value is -1.27. The molecule has 1 amide bonds. The van der Waals surface area contributed by atoms with Gasteiger partial charge in [-0.05, 0) is 49.6 Å². The van der Waals surface area contributed by atoms with E-state index >= 15 is 0 Å². The summed E-state index contributed by atoms with van der Waals surface area (Å²) in [6.07, 6.45) is 2.26. The normalized spacial score (nSPS) is 28.0. The minimum Gasteiger partial charge on any atom is -0.379 e. The molecule has 23 heavy (non-hydrogen) atoms. The molecule has 0 bridgehead atoms. The number of hydrogen-bond acceptors (Lipinski definition) is 4. The molecule has 0 saturated carbocycles. The number of carbonyl (C=O) groups is 1. The quantitative estimate of drug-likeness (QED) is 0.886. The predicted molar refractivity (Wildman–Crippen MR) is 91.4 cm³/mol. The minimum absolute atomic E-state index is 0.0502. The maximum absolute atomic E-state index is 14.1. The van der Waals surface area contributed by atoms with E-state index in [2.05, 4.69) is 5.32 Å². The zero-order valence-electron chi connectivity index (χ0n) is 13.3. The van der Waals surface area contributed by atoms with Gasteiger partial charge in [0, 0.05) is 24.9 Å². The van der Waals surface area contributed by atoms with Crippen LogP contribution in [0.5, 0.6) is 0 Å². The lowest BCUT2D eigenvalue weighted by Gasteiger charge is -2.36. The number of aryl methyl sites for hydroxylation is 1. The molecule has 2 heterocycles. The second-order valence-corrected chi connectivity index (χ2v) is 7.65. The molecule has 6 heteroatoms. The van der Waals surface area contributed by atoms with Crippen LogP contribution in [0, 0.1) is 12.7 Å². The van der Waals surface area contributed by atoms with E-state index in [1.54, 1.807) is 17.8 Å². The summed E-state index contributed by atoms with van der Waals surface area (Å²) in [5.74, 6) is 0.768. The maximum Gasteiger partial charge on any atom is 0.253 e. The summed E-state index contributed by atoms with van der Waals surface area (Å²) in [4.78, 5) is 14.3. The fourth-order valence-electron chi connectivity index (χ4n) is 3.23. The van der Waals surface area contributed by atoms with E-state index in [0.717, 1.165) is 30.7 Å². The summed E-state index contributed by atoms with van der Waals surface area (Å²) in [5, 5.41) is 13.3. The first-order valence-electron chi connectivity index (χ1n) is 8.10.